The van der Waals surface area contributed by atoms with Crippen molar-refractivity contribution in [3.63, 3.8) is 0 Å². The van der Waals surface area contributed by atoms with Gasteiger partial charge in [0.15, 0.2) is 5.82 Å². The van der Waals surface area contributed by atoms with Crippen LogP contribution in [-0.2, 0) is 6.61 Å². The van der Waals surface area contributed by atoms with Gasteiger partial charge < -0.3 is 10.6 Å². The number of ether oxygens (including phenoxy) is 1. The summed E-state index contributed by atoms with van der Waals surface area (Å²) in [5.41, 5.74) is 2.16. The van der Waals surface area contributed by atoms with Crippen LogP contribution in [0.3, 0.4) is 0 Å². The number of alkyl halides is 2. The Morgan fingerprint density at radius 1 is 1.35 bits per heavy atom. The molecule has 0 aliphatic heterocycles. The normalized spacial score (nSPS) is 18.9. The zero-order chi connectivity index (χ0) is 16.6. The Bertz CT molecular complexity index is 699. The van der Waals surface area contributed by atoms with Gasteiger partial charge in [-0.1, -0.05) is 30.0 Å². The second-order valence-corrected chi connectivity index (χ2v) is 8.28. The molecule has 0 bridgehead atoms. The topological polar surface area (TPSA) is 66.0 Å². The van der Waals surface area contributed by atoms with Gasteiger partial charge in [0.05, 0.1) is 0 Å². The first kappa shape index (κ1) is 16.7. The third-order valence-electron chi connectivity index (χ3n) is 3.86. The number of aromatic nitrogens is 3. The number of halogens is 2. The summed E-state index contributed by atoms with van der Waals surface area (Å²) in [4.78, 5) is 0. The van der Waals surface area contributed by atoms with Crippen LogP contribution in [0.4, 0.5) is 0 Å². The van der Waals surface area contributed by atoms with E-state index in [2.05, 4.69) is 10.2 Å². The van der Waals surface area contributed by atoms with Crippen LogP contribution in [0.2, 0.25) is 0 Å². The lowest BCUT2D eigenvalue weighted by atomic mass is 10.1. The predicted octanol–water partition coefficient (Wildman–Crippen LogP) is 3.47. The molecule has 0 spiro atoms. The van der Waals surface area contributed by atoms with E-state index in [-0.39, 0.29) is 12.5 Å². The number of para-hydroxylation sites is 1. The molecule has 1 saturated carbocycles. The molecule has 2 N–H and O–H groups in total. The molecular formula is C15H18Cl2N4OS. The lowest BCUT2D eigenvalue weighted by Gasteiger charge is -2.11. The fourth-order valence-electron chi connectivity index (χ4n) is 2.29. The number of nitrogens with zero attached hydrogens (tertiary/aromatic N) is 3. The van der Waals surface area contributed by atoms with Crippen molar-refractivity contribution < 1.29 is 4.74 Å². The molecule has 0 radical (unpaired) electrons. The standard InChI is InChI=1S/C15H18Cl2N4OS/c1-9-4-3-5-10(2)13(9)22-7-12-19-20-14(21(12)18)23-8-11-6-15(11,16)17/h3-5,11H,6-8,18H2,1-2H3/t11-/m0/s1. The molecule has 1 aliphatic rings. The van der Waals surface area contributed by atoms with Crippen LogP contribution in [0.25, 0.3) is 0 Å². The van der Waals surface area contributed by atoms with Crippen molar-refractivity contribution >= 4 is 35.0 Å². The maximum atomic E-state index is 6.04. The fraction of sp³-hybridized carbons (Fsp3) is 0.467. The minimum atomic E-state index is -0.583. The molecule has 1 aliphatic carbocycles. The van der Waals surface area contributed by atoms with Crippen LogP contribution in [0, 0.1) is 19.8 Å². The van der Waals surface area contributed by atoms with Crippen molar-refractivity contribution in [1.29, 1.82) is 0 Å². The number of hydrogen-bond acceptors (Lipinski definition) is 5. The molecule has 3 rings (SSSR count). The van der Waals surface area contributed by atoms with E-state index in [1.807, 2.05) is 32.0 Å². The first-order valence-electron chi connectivity index (χ1n) is 7.27. The number of benzene rings is 1. The quantitative estimate of drug-likeness (QED) is 0.477. The Kier molecular flexibility index (Phi) is 4.67. The average molecular weight is 373 g/mol. The van der Waals surface area contributed by atoms with E-state index in [4.69, 9.17) is 33.8 Å². The molecule has 124 valence electrons. The smallest absolute Gasteiger partial charge is 0.209 e. The van der Waals surface area contributed by atoms with Gasteiger partial charge in [-0.3, -0.25) is 0 Å². The highest BCUT2D eigenvalue weighted by Gasteiger charge is 2.51. The summed E-state index contributed by atoms with van der Waals surface area (Å²) in [7, 11) is 0. The third kappa shape index (κ3) is 3.70. The van der Waals surface area contributed by atoms with Gasteiger partial charge in [0, 0.05) is 11.7 Å². The van der Waals surface area contributed by atoms with Crippen LogP contribution >= 0.6 is 35.0 Å². The molecule has 0 saturated heterocycles. The van der Waals surface area contributed by atoms with Crippen LogP contribution in [-0.4, -0.2) is 25.0 Å². The van der Waals surface area contributed by atoms with Gasteiger partial charge in [-0.05, 0) is 31.4 Å². The van der Waals surface area contributed by atoms with Gasteiger partial charge in [-0.2, -0.15) is 0 Å². The molecule has 1 fully saturated rings. The predicted molar refractivity (Wildman–Crippen MR) is 93.7 cm³/mol. The lowest BCUT2D eigenvalue weighted by Crippen LogP contribution is -2.16. The number of rotatable bonds is 6. The Morgan fingerprint density at radius 2 is 2.00 bits per heavy atom. The number of hydrogen-bond donors (Lipinski definition) is 1. The Labute approximate surface area is 149 Å². The highest BCUT2D eigenvalue weighted by molar-refractivity contribution is 7.99. The fourth-order valence-corrected chi connectivity index (χ4v) is 4.10. The summed E-state index contributed by atoms with van der Waals surface area (Å²) in [6.45, 7) is 4.29. The second kappa shape index (κ2) is 6.42. The van der Waals surface area contributed by atoms with Crippen molar-refractivity contribution in [2.75, 3.05) is 11.6 Å². The Balaban J connectivity index is 1.61. The molecular weight excluding hydrogens is 355 g/mol. The minimum absolute atomic E-state index is 0.272. The van der Waals surface area contributed by atoms with Crippen LogP contribution in [0.5, 0.6) is 5.75 Å². The summed E-state index contributed by atoms with van der Waals surface area (Å²) in [6.07, 6.45) is 0.810. The van der Waals surface area contributed by atoms with Crippen LogP contribution in [0.1, 0.15) is 23.4 Å². The average Bonchev–Trinajstić information content (AvgIpc) is 2.95. The summed E-state index contributed by atoms with van der Waals surface area (Å²) in [5, 5.41) is 8.85. The third-order valence-corrected chi connectivity index (χ3v) is 5.89. The monoisotopic (exact) mass is 372 g/mol. The van der Waals surface area contributed by atoms with E-state index in [1.54, 1.807) is 0 Å². The van der Waals surface area contributed by atoms with E-state index < -0.39 is 4.33 Å². The Hall–Kier alpha value is -1.11. The van der Waals surface area contributed by atoms with E-state index in [1.165, 1.54) is 16.4 Å². The highest BCUT2D eigenvalue weighted by Crippen LogP contribution is 2.54. The number of nitrogen functional groups attached to an aromatic ring is 1. The minimum Gasteiger partial charge on any atom is -0.485 e. The first-order valence-corrected chi connectivity index (χ1v) is 9.01. The lowest BCUT2D eigenvalue weighted by molar-refractivity contribution is 0.288. The molecule has 1 aromatic carbocycles. The van der Waals surface area contributed by atoms with Gasteiger partial charge in [0.2, 0.25) is 5.16 Å². The van der Waals surface area contributed by atoms with E-state index in [0.717, 1.165) is 29.1 Å². The van der Waals surface area contributed by atoms with E-state index >= 15 is 0 Å². The van der Waals surface area contributed by atoms with Crippen LogP contribution < -0.4 is 10.6 Å². The zero-order valence-electron chi connectivity index (χ0n) is 12.9. The van der Waals surface area contributed by atoms with Crippen LogP contribution in [0.15, 0.2) is 23.4 Å². The molecule has 0 amide bonds. The largest absolute Gasteiger partial charge is 0.485 e. The SMILES string of the molecule is Cc1cccc(C)c1OCc1nnc(SC[C@@H]2CC2(Cl)Cl)n1N. The number of aryl methyl sites for hydroxylation is 2. The van der Waals surface area contributed by atoms with Crippen molar-refractivity contribution in [2.24, 2.45) is 5.92 Å². The van der Waals surface area contributed by atoms with E-state index in [0.29, 0.717) is 11.0 Å². The summed E-state index contributed by atoms with van der Waals surface area (Å²) < 4.78 is 6.74. The summed E-state index contributed by atoms with van der Waals surface area (Å²) in [5.74, 6) is 8.54. The van der Waals surface area contributed by atoms with Crippen molar-refractivity contribution in [3.05, 3.63) is 35.2 Å². The summed E-state index contributed by atoms with van der Waals surface area (Å²) >= 11 is 13.6. The Morgan fingerprint density at radius 3 is 2.61 bits per heavy atom. The maximum Gasteiger partial charge on any atom is 0.209 e. The molecule has 8 heteroatoms. The van der Waals surface area contributed by atoms with Gasteiger partial charge >= 0.3 is 0 Å². The molecule has 1 atom stereocenters. The number of thioether (sulfide) groups is 1. The van der Waals surface area contributed by atoms with Gasteiger partial charge in [0.1, 0.15) is 16.7 Å². The van der Waals surface area contributed by atoms with Gasteiger partial charge in [-0.15, -0.1) is 33.4 Å². The zero-order valence-corrected chi connectivity index (χ0v) is 15.3. The molecule has 0 unspecified atom stereocenters. The number of nitrogens with two attached hydrogens (primary N) is 1. The van der Waals surface area contributed by atoms with Crippen molar-refractivity contribution in [1.82, 2.24) is 14.9 Å². The first-order chi connectivity index (χ1) is 10.9. The molecule has 5 nitrogen and oxygen atoms in total. The highest BCUT2D eigenvalue weighted by atomic mass is 35.5. The second-order valence-electron chi connectivity index (χ2n) is 5.75. The van der Waals surface area contributed by atoms with E-state index in [9.17, 15) is 0 Å². The maximum absolute atomic E-state index is 6.04. The van der Waals surface area contributed by atoms with Crippen molar-refractivity contribution in [2.45, 2.75) is 36.4 Å². The molecule has 2 aromatic rings. The van der Waals surface area contributed by atoms with Crippen molar-refractivity contribution in [3.8, 4) is 5.75 Å². The molecule has 1 heterocycles. The molecule has 23 heavy (non-hydrogen) atoms. The summed E-state index contributed by atoms with van der Waals surface area (Å²) in [6, 6.07) is 6.03. The molecule has 1 aromatic heterocycles. The van der Waals surface area contributed by atoms with Gasteiger partial charge in [0.25, 0.3) is 0 Å². The van der Waals surface area contributed by atoms with Gasteiger partial charge in [-0.25, -0.2) is 4.68 Å².